The number of piperidine rings is 1. The Balaban J connectivity index is 1.15. The maximum Gasteiger partial charge on any atom is 0.417 e. The summed E-state index contributed by atoms with van der Waals surface area (Å²) in [6.45, 7) is 1.51. The molecule has 3 aliphatic rings. The summed E-state index contributed by atoms with van der Waals surface area (Å²) in [4.78, 5) is 10.4. The van der Waals surface area contributed by atoms with E-state index in [9.17, 15) is 13.2 Å². The van der Waals surface area contributed by atoms with Crippen molar-refractivity contribution in [2.75, 3.05) is 18.0 Å². The Labute approximate surface area is 232 Å². The van der Waals surface area contributed by atoms with Crippen LogP contribution in [0, 0.1) is 5.41 Å². The lowest BCUT2D eigenvalue weighted by Crippen LogP contribution is -2.42. The molecule has 0 bridgehead atoms. The minimum absolute atomic E-state index is 0.0442. The van der Waals surface area contributed by atoms with E-state index in [0.717, 1.165) is 68.3 Å². The molecular weight excluding hydrogens is 548 g/mol. The lowest BCUT2D eigenvalue weighted by molar-refractivity contribution is -0.136. The van der Waals surface area contributed by atoms with Crippen LogP contribution in [-0.4, -0.2) is 28.2 Å². The first-order valence-electron chi connectivity index (χ1n) is 12.9. The van der Waals surface area contributed by atoms with Gasteiger partial charge in [-0.25, -0.2) is 0 Å². The molecular formula is C29H23Cl2F3N4O. The van der Waals surface area contributed by atoms with Crippen LogP contribution in [0.25, 0.3) is 27.7 Å². The number of allylic oxidation sites excluding steroid dienone is 2. The van der Waals surface area contributed by atoms with Crippen molar-refractivity contribution in [2.24, 2.45) is 5.41 Å². The summed E-state index contributed by atoms with van der Waals surface area (Å²) >= 11 is 12.9. The molecule has 2 fully saturated rings. The second kappa shape index (κ2) is 8.96. The third kappa shape index (κ3) is 4.28. The fraction of sp³-hybridized carbons (Fsp3) is 0.345. The van der Waals surface area contributed by atoms with Crippen molar-refractivity contribution in [3.05, 3.63) is 75.9 Å². The van der Waals surface area contributed by atoms with Gasteiger partial charge < -0.3 is 9.42 Å². The van der Waals surface area contributed by atoms with E-state index in [2.05, 4.69) is 26.1 Å². The van der Waals surface area contributed by atoms with E-state index in [0.29, 0.717) is 32.7 Å². The van der Waals surface area contributed by atoms with Crippen molar-refractivity contribution in [3.63, 3.8) is 0 Å². The van der Waals surface area contributed by atoms with Crippen molar-refractivity contribution in [1.82, 2.24) is 15.1 Å². The fourth-order valence-electron chi connectivity index (χ4n) is 6.04. The van der Waals surface area contributed by atoms with Gasteiger partial charge in [0.15, 0.2) is 0 Å². The van der Waals surface area contributed by atoms with Gasteiger partial charge in [0.2, 0.25) is 0 Å². The average molecular weight is 571 g/mol. The van der Waals surface area contributed by atoms with Crippen LogP contribution in [0.4, 0.5) is 18.9 Å². The molecule has 200 valence electrons. The maximum absolute atomic E-state index is 13.6. The Kier molecular flexibility index (Phi) is 5.72. The van der Waals surface area contributed by atoms with Crippen LogP contribution >= 0.6 is 23.2 Å². The number of aromatic nitrogens is 3. The van der Waals surface area contributed by atoms with Crippen molar-refractivity contribution in [2.45, 2.75) is 44.2 Å². The lowest BCUT2D eigenvalue weighted by atomic mass is 9.63. The molecule has 7 rings (SSSR count). The first-order valence-corrected chi connectivity index (χ1v) is 13.7. The molecule has 4 heterocycles. The summed E-state index contributed by atoms with van der Waals surface area (Å²) < 4.78 is 46.6. The van der Waals surface area contributed by atoms with Crippen LogP contribution in [0.15, 0.2) is 53.5 Å². The van der Waals surface area contributed by atoms with Crippen molar-refractivity contribution < 1.29 is 17.7 Å². The molecule has 1 aliphatic heterocycles. The van der Waals surface area contributed by atoms with Gasteiger partial charge in [0.05, 0.1) is 21.1 Å². The second-order valence-electron chi connectivity index (χ2n) is 10.8. The number of pyridine rings is 2. The molecule has 2 aliphatic carbocycles. The molecule has 0 unspecified atom stereocenters. The fourth-order valence-corrected chi connectivity index (χ4v) is 6.58. The highest BCUT2D eigenvalue weighted by Gasteiger charge is 2.44. The van der Waals surface area contributed by atoms with Gasteiger partial charge >= 0.3 is 6.18 Å². The molecule has 10 heteroatoms. The van der Waals surface area contributed by atoms with Gasteiger partial charge in [0.25, 0.3) is 0 Å². The van der Waals surface area contributed by atoms with Gasteiger partial charge in [-0.2, -0.15) is 13.2 Å². The Hall–Kier alpha value is -3.10. The zero-order valence-corrected chi connectivity index (χ0v) is 22.2. The van der Waals surface area contributed by atoms with Gasteiger partial charge in [0.1, 0.15) is 11.5 Å². The standard InChI is InChI=1S/C29H23Cl2F3N4O/c30-21-14-35-15-22(31)25(21)26-24(27(39-37-26)16-1-2-16)17-12-28(13-17)6-9-38(10-7-28)18-3-4-23-19(11-18)20(5-8-36-23)29(32,33)34/h3-5,8,11-12,14-16H,1-2,6-7,9-10,13H2. The predicted molar refractivity (Wildman–Crippen MR) is 145 cm³/mol. The molecule has 4 aromatic rings. The van der Waals surface area contributed by atoms with Crippen molar-refractivity contribution in [1.29, 1.82) is 0 Å². The number of nitrogens with zero attached hydrogens (tertiary/aromatic N) is 4. The first-order chi connectivity index (χ1) is 18.7. The highest BCUT2D eigenvalue weighted by Crippen LogP contribution is 2.56. The number of fused-ring (bicyclic) bond motifs is 1. The maximum atomic E-state index is 13.6. The summed E-state index contributed by atoms with van der Waals surface area (Å²) in [5.74, 6) is 1.27. The number of rotatable bonds is 4. The highest BCUT2D eigenvalue weighted by atomic mass is 35.5. The van der Waals surface area contributed by atoms with E-state index >= 15 is 0 Å². The molecule has 1 spiro atoms. The third-order valence-corrected chi connectivity index (χ3v) is 8.83. The minimum Gasteiger partial charge on any atom is -0.371 e. The first kappa shape index (κ1) is 24.9. The Bertz CT molecular complexity index is 1620. The monoisotopic (exact) mass is 570 g/mol. The van der Waals surface area contributed by atoms with E-state index in [-0.39, 0.29) is 10.8 Å². The van der Waals surface area contributed by atoms with E-state index < -0.39 is 11.7 Å². The quantitative estimate of drug-likeness (QED) is 0.246. The molecule has 3 aromatic heterocycles. The average Bonchev–Trinajstić information content (AvgIpc) is 3.65. The molecule has 0 amide bonds. The van der Waals surface area contributed by atoms with Crippen molar-refractivity contribution in [3.8, 4) is 11.3 Å². The van der Waals surface area contributed by atoms with Gasteiger partial charge in [0, 0.05) is 59.8 Å². The number of hydrogen-bond donors (Lipinski definition) is 0. The zero-order chi connectivity index (χ0) is 26.9. The van der Waals surface area contributed by atoms with Crippen molar-refractivity contribution >= 4 is 45.4 Å². The smallest absolute Gasteiger partial charge is 0.371 e. The molecule has 1 saturated heterocycles. The van der Waals surface area contributed by atoms with Crippen LogP contribution in [0.1, 0.15) is 54.9 Å². The lowest BCUT2D eigenvalue weighted by Gasteiger charge is -2.47. The van der Waals surface area contributed by atoms with E-state index in [1.165, 1.54) is 11.8 Å². The number of halogens is 5. The molecule has 0 N–H and O–H groups in total. The summed E-state index contributed by atoms with van der Waals surface area (Å²) in [7, 11) is 0. The predicted octanol–water partition coefficient (Wildman–Crippen LogP) is 8.56. The zero-order valence-electron chi connectivity index (χ0n) is 20.7. The van der Waals surface area contributed by atoms with Gasteiger partial charge in [-0.3, -0.25) is 9.97 Å². The normalized spacial score (nSPS) is 18.9. The number of alkyl halides is 3. The Morgan fingerprint density at radius 2 is 1.72 bits per heavy atom. The van der Waals surface area contributed by atoms with Crippen LogP contribution in [-0.2, 0) is 6.18 Å². The summed E-state index contributed by atoms with van der Waals surface area (Å²) in [6.07, 6.45) is 7.08. The molecule has 39 heavy (non-hydrogen) atoms. The number of benzene rings is 1. The van der Waals surface area contributed by atoms with Crippen LogP contribution in [0.5, 0.6) is 0 Å². The Morgan fingerprint density at radius 1 is 1.00 bits per heavy atom. The molecule has 5 nitrogen and oxygen atoms in total. The van der Waals surface area contributed by atoms with E-state index in [1.807, 2.05) is 6.07 Å². The summed E-state index contributed by atoms with van der Waals surface area (Å²) in [5, 5.41) is 5.40. The van der Waals surface area contributed by atoms with Crippen LogP contribution in [0.3, 0.4) is 0 Å². The van der Waals surface area contributed by atoms with Gasteiger partial charge in [-0.1, -0.05) is 34.4 Å². The molecule has 1 saturated carbocycles. The number of anilines is 1. The van der Waals surface area contributed by atoms with Crippen LogP contribution < -0.4 is 4.90 Å². The third-order valence-electron chi connectivity index (χ3n) is 8.26. The molecule has 0 radical (unpaired) electrons. The topological polar surface area (TPSA) is 55.1 Å². The molecule has 0 atom stereocenters. The number of hydrogen-bond acceptors (Lipinski definition) is 5. The van der Waals surface area contributed by atoms with Crippen LogP contribution in [0.2, 0.25) is 10.0 Å². The minimum atomic E-state index is -4.43. The van der Waals surface area contributed by atoms with Gasteiger partial charge in [-0.15, -0.1) is 0 Å². The Morgan fingerprint density at radius 3 is 2.38 bits per heavy atom. The highest BCUT2D eigenvalue weighted by molar-refractivity contribution is 6.39. The second-order valence-corrected chi connectivity index (χ2v) is 11.6. The molecule has 1 aromatic carbocycles. The summed E-state index contributed by atoms with van der Waals surface area (Å²) in [5.41, 5.74) is 4.03. The van der Waals surface area contributed by atoms with Gasteiger partial charge in [-0.05, 0) is 67.4 Å². The van der Waals surface area contributed by atoms with E-state index in [4.69, 9.17) is 27.7 Å². The summed E-state index contributed by atoms with van der Waals surface area (Å²) in [6, 6.07) is 6.20. The van der Waals surface area contributed by atoms with E-state index in [1.54, 1.807) is 24.5 Å². The SMILES string of the molecule is FC(F)(F)c1ccnc2ccc(N3CCC4(C=C(c5c(-c6c(Cl)cncc6Cl)noc5C5CC5)C4)CC3)cc12. The largest absolute Gasteiger partial charge is 0.417 e.